The molecule has 0 atom stereocenters. The molecular formula is C15H13BrFNO2S. The van der Waals surface area contributed by atoms with Crippen LogP contribution in [0.15, 0.2) is 33.8 Å². The lowest BCUT2D eigenvalue weighted by molar-refractivity contribution is 0.0691. The van der Waals surface area contributed by atoms with E-state index in [4.69, 9.17) is 0 Å². The van der Waals surface area contributed by atoms with E-state index in [0.29, 0.717) is 26.4 Å². The highest BCUT2D eigenvalue weighted by Gasteiger charge is 2.16. The maximum atomic E-state index is 13.8. The first-order valence-electron chi connectivity index (χ1n) is 6.16. The lowest BCUT2D eigenvalue weighted by atomic mass is 10.1. The third kappa shape index (κ3) is 3.83. The van der Waals surface area contributed by atoms with Gasteiger partial charge in [-0.05, 0) is 43.2 Å². The molecule has 6 heteroatoms. The molecule has 0 bridgehead atoms. The second-order valence-electron chi connectivity index (χ2n) is 4.59. The third-order valence-electron chi connectivity index (χ3n) is 2.90. The Morgan fingerprint density at radius 3 is 2.71 bits per heavy atom. The van der Waals surface area contributed by atoms with Crippen LogP contribution in [0.5, 0.6) is 0 Å². The molecular weight excluding hydrogens is 357 g/mol. The lowest BCUT2D eigenvalue weighted by Gasteiger charge is -2.10. The normalized spacial score (nSPS) is 10.7. The minimum Gasteiger partial charge on any atom is -0.478 e. The van der Waals surface area contributed by atoms with Crippen molar-refractivity contribution < 1.29 is 14.3 Å². The van der Waals surface area contributed by atoms with Crippen LogP contribution in [0, 0.1) is 19.7 Å². The first-order valence-corrected chi connectivity index (χ1v) is 7.94. The fourth-order valence-electron chi connectivity index (χ4n) is 1.95. The Balaban J connectivity index is 2.29. The third-order valence-corrected chi connectivity index (χ3v) is 4.42. The molecule has 2 aromatic rings. The van der Waals surface area contributed by atoms with E-state index in [1.807, 2.05) is 6.92 Å². The molecule has 0 aliphatic heterocycles. The van der Waals surface area contributed by atoms with Crippen LogP contribution >= 0.6 is 27.7 Å². The van der Waals surface area contributed by atoms with E-state index in [1.54, 1.807) is 25.1 Å². The van der Waals surface area contributed by atoms with Crippen LogP contribution in [0.4, 0.5) is 4.39 Å². The highest BCUT2D eigenvalue weighted by Crippen LogP contribution is 2.28. The summed E-state index contributed by atoms with van der Waals surface area (Å²) in [5.74, 6) is -1.01. The maximum absolute atomic E-state index is 13.8. The molecule has 1 aromatic heterocycles. The van der Waals surface area contributed by atoms with Gasteiger partial charge >= 0.3 is 5.97 Å². The standard InChI is InChI=1S/C15H13BrFNO2S/c1-8-5-9(2)18-14(13(8)15(19)20)21-7-10-3-4-11(16)6-12(10)17/h3-6H,7H2,1-2H3,(H,19,20). The number of halogens is 2. The van der Waals surface area contributed by atoms with Gasteiger partial charge in [0.15, 0.2) is 0 Å². The number of pyridine rings is 1. The van der Waals surface area contributed by atoms with Crippen LogP contribution in [0.1, 0.15) is 27.2 Å². The van der Waals surface area contributed by atoms with Gasteiger partial charge in [-0.25, -0.2) is 14.2 Å². The van der Waals surface area contributed by atoms with Gasteiger partial charge in [-0.15, -0.1) is 11.8 Å². The van der Waals surface area contributed by atoms with Crippen molar-refractivity contribution in [3.8, 4) is 0 Å². The van der Waals surface area contributed by atoms with Gasteiger partial charge < -0.3 is 5.11 Å². The summed E-state index contributed by atoms with van der Waals surface area (Å²) in [6.45, 7) is 3.55. The number of rotatable bonds is 4. The summed E-state index contributed by atoms with van der Waals surface area (Å²) in [6.07, 6.45) is 0. The Kier molecular flexibility index (Phi) is 5.00. The van der Waals surface area contributed by atoms with Crippen LogP contribution < -0.4 is 0 Å². The van der Waals surface area contributed by atoms with Crippen molar-refractivity contribution in [1.29, 1.82) is 0 Å². The van der Waals surface area contributed by atoms with Crippen molar-refractivity contribution in [3.63, 3.8) is 0 Å². The summed E-state index contributed by atoms with van der Waals surface area (Å²) >= 11 is 4.43. The van der Waals surface area contributed by atoms with Crippen molar-refractivity contribution in [2.24, 2.45) is 0 Å². The molecule has 3 nitrogen and oxygen atoms in total. The Hall–Kier alpha value is -1.40. The number of thioether (sulfide) groups is 1. The monoisotopic (exact) mass is 369 g/mol. The minimum atomic E-state index is -1.02. The minimum absolute atomic E-state index is 0.183. The van der Waals surface area contributed by atoms with Gasteiger partial charge in [0.25, 0.3) is 0 Å². The first-order chi connectivity index (χ1) is 9.88. The largest absolute Gasteiger partial charge is 0.478 e. The van der Waals surface area contributed by atoms with E-state index in [2.05, 4.69) is 20.9 Å². The summed E-state index contributed by atoms with van der Waals surface area (Å²) < 4.78 is 14.5. The molecule has 0 unspecified atom stereocenters. The van der Waals surface area contributed by atoms with Crippen molar-refractivity contribution in [2.45, 2.75) is 24.6 Å². The summed E-state index contributed by atoms with van der Waals surface area (Å²) in [5.41, 5.74) is 2.11. The van der Waals surface area contributed by atoms with E-state index >= 15 is 0 Å². The zero-order chi connectivity index (χ0) is 15.6. The lowest BCUT2D eigenvalue weighted by Crippen LogP contribution is -2.05. The smallest absolute Gasteiger partial charge is 0.338 e. The molecule has 0 saturated heterocycles. The predicted octanol–water partition coefficient (Wildman–Crippen LogP) is 4.59. The van der Waals surface area contributed by atoms with Gasteiger partial charge in [0, 0.05) is 15.9 Å². The molecule has 110 valence electrons. The van der Waals surface area contributed by atoms with Crippen LogP contribution in [0.25, 0.3) is 0 Å². The SMILES string of the molecule is Cc1cc(C)c(C(=O)O)c(SCc2ccc(Br)cc2F)n1. The number of carbonyl (C=O) groups is 1. The summed E-state index contributed by atoms with van der Waals surface area (Å²) in [4.78, 5) is 15.6. The summed E-state index contributed by atoms with van der Waals surface area (Å²) in [7, 11) is 0. The second-order valence-corrected chi connectivity index (χ2v) is 6.47. The zero-order valence-corrected chi connectivity index (χ0v) is 13.9. The fourth-order valence-corrected chi connectivity index (χ4v) is 3.41. The van der Waals surface area contributed by atoms with Crippen molar-refractivity contribution in [2.75, 3.05) is 0 Å². The van der Waals surface area contributed by atoms with Gasteiger partial charge in [-0.3, -0.25) is 0 Å². The average Bonchev–Trinajstić information content (AvgIpc) is 2.36. The molecule has 0 aliphatic carbocycles. The van der Waals surface area contributed by atoms with Crippen LogP contribution in [0.2, 0.25) is 0 Å². The van der Waals surface area contributed by atoms with E-state index in [1.165, 1.54) is 17.8 Å². The Labute approximate surface area is 134 Å². The number of nitrogens with zero attached hydrogens (tertiary/aromatic N) is 1. The van der Waals surface area contributed by atoms with E-state index < -0.39 is 5.97 Å². The van der Waals surface area contributed by atoms with Gasteiger partial charge in [-0.2, -0.15) is 0 Å². The number of aromatic carboxylic acids is 1. The van der Waals surface area contributed by atoms with Crippen molar-refractivity contribution in [3.05, 3.63) is 56.9 Å². The fraction of sp³-hybridized carbons (Fsp3) is 0.200. The Bertz CT molecular complexity index is 706. The van der Waals surface area contributed by atoms with E-state index in [-0.39, 0.29) is 11.4 Å². The van der Waals surface area contributed by atoms with Gasteiger partial charge in [0.05, 0.1) is 5.56 Å². The highest BCUT2D eigenvalue weighted by molar-refractivity contribution is 9.10. The number of carboxylic acid groups (broad SMARTS) is 1. The van der Waals surface area contributed by atoms with Crippen molar-refractivity contribution in [1.82, 2.24) is 4.98 Å². The summed E-state index contributed by atoms with van der Waals surface area (Å²) in [5, 5.41) is 9.71. The zero-order valence-electron chi connectivity index (χ0n) is 11.5. The molecule has 1 aromatic carbocycles. The quantitative estimate of drug-likeness (QED) is 0.800. The number of benzene rings is 1. The molecule has 0 saturated carbocycles. The van der Waals surface area contributed by atoms with Crippen LogP contribution in [0.3, 0.4) is 0 Å². The predicted molar refractivity (Wildman–Crippen MR) is 84.3 cm³/mol. The average molecular weight is 370 g/mol. The number of aryl methyl sites for hydroxylation is 2. The number of aromatic nitrogens is 1. The van der Waals surface area contributed by atoms with Crippen LogP contribution in [-0.4, -0.2) is 16.1 Å². The maximum Gasteiger partial charge on any atom is 0.338 e. The Morgan fingerprint density at radius 1 is 1.38 bits per heavy atom. The van der Waals surface area contributed by atoms with Crippen LogP contribution in [-0.2, 0) is 5.75 Å². The summed E-state index contributed by atoms with van der Waals surface area (Å²) in [6, 6.07) is 6.55. The number of hydrogen-bond donors (Lipinski definition) is 1. The molecule has 0 fully saturated rings. The highest BCUT2D eigenvalue weighted by atomic mass is 79.9. The second kappa shape index (κ2) is 6.58. The van der Waals surface area contributed by atoms with Gasteiger partial charge in [0.2, 0.25) is 0 Å². The van der Waals surface area contributed by atoms with Gasteiger partial charge in [0.1, 0.15) is 10.8 Å². The number of hydrogen-bond acceptors (Lipinski definition) is 3. The number of carboxylic acids is 1. The van der Waals surface area contributed by atoms with E-state index in [0.717, 1.165) is 5.69 Å². The molecule has 21 heavy (non-hydrogen) atoms. The topological polar surface area (TPSA) is 50.2 Å². The molecule has 0 spiro atoms. The molecule has 0 aliphatic rings. The van der Waals surface area contributed by atoms with Gasteiger partial charge in [-0.1, -0.05) is 22.0 Å². The molecule has 1 N–H and O–H groups in total. The molecule has 0 amide bonds. The molecule has 2 rings (SSSR count). The van der Waals surface area contributed by atoms with Crippen molar-refractivity contribution >= 4 is 33.7 Å². The van der Waals surface area contributed by atoms with E-state index in [9.17, 15) is 14.3 Å². The Morgan fingerprint density at radius 2 is 2.10 bits per heavy atom. The molecule has 0 radical (unpaired) electrons. The molecule has 1 heterocycles. The first kappa shape index (κ1) is 16.0.